The van der Waals surface area contributed by atoms with Crippen LogP contribution in [0.5, 0.6) is 0 Å². The fraction of sp³-hybridized carbons (Fsp3) is 0.636. The summed E-state index contributed by atoms with van der Waals surface area (Å²) in [6.07, 6.45) is 6.75. The maximum Gasteiger partial charge on any atom is 0.00185 e. The van der Waals surface area contributed by atoms with Crippen molar-refractivity contribution in [2.45, 2.75) is 46.5 Å². The van der Waals surface area contributed by atoms with E-state index in [1.165, 1.54) is 30.4 Å². The third-order valence-corrected chi connectivity index (χ3v) is 2.12. The SMILES string of the molecule is CCCCC/C(C)=C(\C)C=C=N. The molecule has 0 fully saturated rings. The summed E-state index contributed by atoms with van der Waals surface area (Å²) in [5.74, 6) is 2.31. The second-order valence-electron chi connectivity index (χ2n) is 3.21. The molecule has 0 radical (unpaired) electrons. The van der Waals surface area contributed by atoms with Crippen LogP contribution in [0.15, 0.2) is 17.2 Å². The number of hydrogen-bond acceptors (Lipinski definition) is 1. The molecule has 0 rings (SSSR count). The monoisotopic (exact) mass is 165 g/mol. The van der Waals surface area contributed by atoms with Gasteiger partial charge < -0.3 is 0 Å². The van der Waals surface area contributed by atoms with Gasteiger partial charge in [0.1, 0.15) is 0 Å². The molecule has 0 amide bonds. The summed E-state index contributed by atoms with van der Waals surface area (Å²) in [5, 5.41) is 6.80. The average molecular weight is 165 g/mol. The highest BCUT2D eigenvalue weighted by atomic mass is 14.3. The van der Waals surface area contributed by atoms with Gasteiger partial charge in [0.25, 0.3) is 0 Å². The van der Waals surface area contributed by atoms with Gasteiger partial charge in [0.15, 0.2) is 0 Å². The largest absolute Gasteiger partial charge is 0.259 e. The van der Waals surface area contributed by atoms with E-state index >= 15 is 0 Å². The Bertz CT molecular complexity index is 195. The summed E-state index contributed by atoms with van der Waals surface area (Å²) in [4.78, 5) is 0. The summed E-state index contributed by atoms with van der Waals surface area (Å²) >= 11 is 0. The molecule has 1 N–H and O–H groups in total. The molecule has 0 atom stereocenters. The highest BCUT2D eigenvalue weighted by Gasteiger charge is 1.93. The van der Waals surface area contributed by atoms with Crippen molar-refractivity contribution in [3.05, 3.63) is 17.2 Å². The van der Waals surface area contributed by atoms with E-state index in [0.717, 1.165) is 6.42 Å². The number of unbranched alkanes of at least 4 members (excludes halogenated alkanes) is 2. The van der Waals surface area contributed by atoms with Gasteiger partial charge in [-0.05, 0) is 38.1 Å². The van der Waals surface area contributed by atoms with Gasteiger partial charge in [0.2, 0.25) is 0 Å². The number of hydrogen-bond donors (Lipinski definition) is 1. The summed E-state index contributed by atoms with van der Waals surface area (Å²) in [7, 11) is 0. The van der Waals surface area contributed by atoms with Crippen molar-refractivity contribution in [3.8, 4) is 0 Å². The molecule has 0 spiro atoms. The minimum Gasteiger partial charge on any atom is -0.259 e. The highest BCUT2D eigenvalue weighted by Crippen LogP contribution is 2.12. The summed E-state index contributed by atoms with van der Waals surface area (Å²) in [5.41, 5.74) is 2.59. The maximum atomic E-state index is 6.80. The third-order valence-electron chi connectivity index (χ3n) is 2.12. The van der Waals surface area contributed by atoms with Crippen molar-refractivity contribution in [3.63, 3.8) is 0 Å². The summed E-state index contributed by atoms with van der Waals surface area (Å²) in [6.45, 7) is 6.39. The first-order valence-corrected chi connectivity index (χ1v) is 4.64. The molecule has 0 heterocycles. The smallest absolute Gasteiger partial charge is 0.00185 e. The normalized spacial score (nSPS) is 11.9. The van der Waals surface area contributed by atoms with Crippen molar-refractivity contribution in [1.29, 1.82) is 5.41 Å². The quantitative estimate of drug-likeness (QED) is 0.365. The van der Waals surface area contributed by atoms with Gasteiger partial charge in [-0.15, -0.1) is 0 Å². The minimum absolute atomic E-state index is 1.16. The zero-order chi connectivity index (χ0) is 9.40. The van der Waals surface area contributed by atoms with E-state index in [2.05, 4.69) is 19.7 Å². The first kappa shape index (κ1) is 11.2. The molecule has 0 aromatic carbocycles. The Morgan fingerprint density at radius 1 is 1.33 bits per heavy atom. The van der Waals surface area contributed by atoms with Crippen LogP contribution in [-0.4, -0.2) is 5.87 Å². The van der Waals surface area contributed by atoms with Crippen LogP contribution >= 0.6 is 0 Å². The molecule has 1 heteroatoms. The lowest BCUT2D eigenvalue weighted by Gasteiger charge is -2.02. The highest BCUT2D eigenvalue weighted by molar-refractivity contribution is 5.54. The van der Waals surface area contributed by atoms with Gasteiger partial charge in [0.05, 0.1) is 0 Å². The van der Waals surface area contributed by atoms with Crippen molar-refractivity contribution in [2.75, 3.05) is 0 Å². The number of nitrogens with one attached hydrogen (secondary N) is 1. The molecule has 0 aliphatic carbocycles. The van der Waals surface area contributed by atoms with Crippen LogP contribution < -0.4 is 0 Å². The molecule has 1 nitrogen and oxygen atoms in total. The van der Waals surface area contributed by atoms with Crippen LogP contribution in [0, 0.1) is 5.41 Å². The lowest BCUT2D eigenvalue weighted by atomic mass is 10.0. The van der Waals surface area contributed by atoms with E-state index < -0.39 is 0 Å². The van der Waals surface area contributed by atoms with Crippen LogP contribution in [0.2, 0.25) is 0 Å². The fourth-order valence-electron chi connectivity index (χ4n) is 1.07. The number of allylic oxidation sites excluding steroid dienone is 3. The first-order valence-electron chi connectivity index (χ1n) is 4.64. The van der Waals surface area contributed by atoms with Crippen molar-refractivity contribution < 1.29 is 0 Å². The third kappa shape index (κ3) is 4.92. The van der Waals surface area contributed by atoms with Gasteiger partial charge in [-0.25, -0.2) is 0 Å². The van der Waals surface area contributed by atoms with E-state index in [1.807, 2.05) is 6.92 Å². The second-order valence-corrected chi connectivity index (χ2v) is 3.21. The van der Waals surface area contributed by atoms with Crippen molar-refractivity contribution in [2.24, 2.45) is 0 Å². The van der Waals surface area contributed by atoms with Crippen LogP contribution in [0.1, 0.15) is 46.5 Å². The van der Waals surface area contributed by atoms with E-state index in [4.69, 9.17) is 5.41 Å². The molecule has 0 aliphatic heterocycles. The molecule has 0 aromatic heterocycles. The lowest BCUT2D eigenvalue weighted by molar-refractivity contribution is 0.711. The van der Waals surface area contributed by atoms with E-state index in [0.29, 0.717) is 0 Å². The van der Waals surface area contributed by atoms with Crippen molar-refractivity contribution >= 4 is 5.87 Å². The van der Waals surface area contributed by atoms with Crippen LogP contribution in [-0.2, 0) is 0 Å². The Morgan fingerprint density at radius 2 is 2.00 bits per heavy atom. The van der Waals surface area contributed by atoms with Gasteiger partial charge in [-0.1, -0.05) is 25.3 Å². The minimum atomic E-state index is 1.16. The van der Waals surface area contributed by atoms with E-state index in [9.17, 15) is 0 Å². The van der Waals surface area contributed by atoms with Gasteiger partial charge in [-0.2, -0.15) is 0 Å². The Labute approximate surface area is 75.7 Å². The zero-order valence-corrected chi connectivity index (χ0v) is 8.41. The fourth-order valence-corrected chi connectivity index (χ4v) is 1.07. The molecular weight excluding hydrogens is 146 g/mol. The topological polar surface area (TPSA) is 23.9 Å². The molecular formula is C11H19N. The van der Waals surface area contributed by atoms with Crippen LogP contribution in [0.4, 0.5) is 0 Å². The van der Waals surface area contributed by atoms with Gasteiger partial charge >= 0.3 is 0 Å². The molecule has 0 saturated heterocycles. The molecule has 68 valence electrons. The van der Waals surface area contributed by atoms with Crippen molar-refractivity contribution in [1.82, 2.24) is 0 Å². The lowest BCUT2D eigenvalue weighted by Crippen LogP contribution is -1.83. The molecule has 0 bridgehead atoms. The van der Waals surface area contributed by atoms with Gasteiger partial charge in [-0.3, -0.25) is 5.41 Å². The van der Waals surface area contributed by atoms with Crippen LogP contribution in [0.3, 0.4) is 0 Å². The van der Waals surface area contributed by atoms with Crippen LogP contribution in [0.25, 0.3) is 0 Å². The second kappa shape index (κ2) is 6.87. The standard InChI is InChI=1S/C11H19N/c1-4-5-6-7-10(2)11(3)8-9-12/h8,12H,4-7H2,1-3H3/b11-10+. The predicted molar refractivity (Wildman–Crippen MR) is 54.8 cm³/mol. The summed E-state index contributed by atoms with van der Waals surface area (Å²) < 4.78 is 0. The number of rotatable bonds is 5. The van der Waals surface area contributed by atoms with Gasteiger partial charge in [0, 0.05) is 6.08 Å². The molecule has 0 aromatic rings. The summed E-state index contributed by atoms with van der Waals surface area (Å²) in [6, 6.07) is 0. The molecule has 0 aliphatic rings. The molecule has 0 unspecified atom stereocenters. The maximum absolute atomic E-state index is 6.80. The van der Waals surface area contributed by atoms with E-state index in [1.54, 1.807) is 6.08 Å². The Morgan fingerprint density at radius 3 is 2.50 bits per heavy atom. The Balaban J connectivity index is 3.90. The zero-order valence-electron chi connectivity index (χ0n) is 8.41. The Hall–Kier alpha value is -0.810. The molecule has 12 heavy (non-hydrogen) atoms. The Kier molecular flexibility index (Phi) is 6.41. The van der Waals surface area contributed by atoms with E-state index in [-0.39, 0.29) is 0 Å². The average Bonchev–Trinajstić information content (AvgIpc) is 2.05. The predicted octanol–water partition coefficient (Wildman–Crippen LogP) is 3.71. The first-order chi connectivity index (χ1) is 5.72. The molecule has 0 saturated carbocycles.